The largest absolute Gasteiger partial charge is 0.378 e. The molecule has 0 radical (unpaired) electrons. The number of hydrogen-bond donors (Lipinski definition) is 0. The smallest absolute Gasteiger partial charge is 0.330 e. The van der Waals surface area contributed by atoms with Crippen molar-refractivity contribution in [2.24, 2.45) is 0 Å². The summed E-state index contributed by atoms with van der Waals surface area (Å²) >= 11 is 0. The second-order valence-corrected chi connectivity index (χ2v) is 5.93. The zero-order valence-electron chi connectivity index (χ0n) is 14.7. The van der Waals surface area contributed by atoms with E-state index in [2.05, 4.69) is 15.0 Å². The van der Waals surface area contributed by atoms with E-state index in [1.807, 2.05) is 42.6 Å². The van der Waals surface area contributed by atoms with Crippen LogP contribution in [0, 0.1) is 0 Å². The summed E-state index contributed by atoms with van der Waals surface area (Å²) in [4.78, 5) is 23.6. The molecule has 1 saturated heterocycles. The number of rotatable bonds is 4. The van der Waals surface area contributed by atoms with Crippen LogP contribution in [0.4, 0.5) is 17.3 Å². The molecule has 0 unspecified atom stereocenters. The zero-order chi connectivity index (χ0) is 17.9. The summed E-state index contributed by atoms with van der Waals surface area (Å²) < 4.78 is 7.10. The Hall–Kier alpha value is -2.47. The Kier molecular flexibility index (Phi) is 6.06. The average Bonchev–Trinajstić information content (AvgIpc) is 3.14. The number of aromatic nitrogens is 3. The Balaban J connectivity index is 0.00000210. The fourth-order valence-corrected chi connectivity index (χ4v) is 2.89. The van der Waals surface area contributed by atoms with E-state index in [1.54, 1.807) is 10.7 Å². The number of fused-ring (bicyclic) bond motifs is 1. The maximum atomic E-state index is 11.6. The first-order valence-corrected chi connectivity index (χ1v) is 8.42. The molecule has 2 aromatic heterocycles. The molecule has 0 aliphatic carbocycles. The Morgan fingerprint density at radius 2 is 2.04 bits per heavy atom. The minimum absolute atomic E-state index is 0. The van der Waals surface area contributed by atoms with Crippen LogP contribution in [0.5, 0.6) is 0 Å². The molecule has 3 heterocycles. The van der Waals surface area contributed by atoms with Crippen molar-refractivity contribution in [2.75, 3.05) is 36.3 Å². The molecular formula is C18H19N5O3Pd. The van der Waals surface area contributed by atoms with Crippen LogP contribution in [0.3, 0.4) is 0 Å². The Morgan fingerprint density at radius 1 is 1.22 bits per heavy atom. The van der Waals surface area contributed by atoms with Gasteiger partial charge in [-0.15, -0.1) is 10.2 Å². The van der Waals surface area contributed by atoms with Gasteiger partial charge in [-0.2, -0.15) is 0 Å². The molecule has 1 aliphatic heterocycles. The van der Waals surface area contributed by atoms with Crippen LogP contribution >= 0.6 is 0 Å². The first-order chi connectivity index (χ1) is 12.7. The van der Waals surface area contributed by atoms with Gasteiger partial charge in [0, 0.05) is 52.3 Å². The molecule has 0 N–H and O–H groups in total. The van der Waals surface area contributed by atoms with E-state index in [4.69, 9.17) is 9.57 Å². The molecule has 0 bridgehead atoms. The van der Waals surface area contributed by atoms with E-state index in [0.717, 1.165) is 24.3 Å². The summed E-state index contributed by atoms with van der Waals surface area (Å²) in [5.41, 5.74) is 2.57. The Labute approximate surface area is 170 Å². The summed E-state index contributed by atoms with van der Waals surface area (Å²) in [7, 11) is 0. The first kappa shape index (κ1) is 19.3. The Bertz CT molecular complexity index is 926. The van der Waals surface area contributed by atoms with Gasteiger partial charge in [0.2, 0.25) is 0 Å². The summed E-state index contributed by atoms with van der Waals surface area (Å²) in [6.07, 6.45) is 3.50. The van der Waals surface area contributed by atoms with Crippen molar-refractivity contribution in [1.29, 1.82) is 0 Å². The monoisotopic (exact) mass is 459 g/mol. The van der Waals surface area contributed by atoms with E-state index in [0.29, 0.717) is 18.9 Å². The van der Waals surface area contributed by atoms with Crippen molar-refractivity contribution >= 4 is 28.8 Å². The minimum Gasteiger partial charge on any atom is -0.378 e. The maximum Gasteiger partial charge on any atom is 0.330 e. The van der Waals surface area contributed by atoms with Crippen molar-refractivity contribution in [3.63, 3.8) is 0 Å². The second-order valence-electron chi connectivity index (χ2n) is 5.93. The maximum absolute atomic E-state index is 11.6. The molecule has 1 fully saturated rings. The van der Waals surface area contributed by atoms with Gasteiger partial charge in [0.25, 0.3) is 5.95 Å². The third-order valence-corrected chi connectivity index (χ3v) is 4.11. The Morgan fingerprint density at radius 3 is 2.81 bits per heavy atom. The molecule has 8 nitrogen and oxygen atoms in total. The third kappa shape index (κ3) is 4.27. The van der Waals surface area contributed by atoms with Gasteiger partial charge in [-0.1, -0.05) is 6.07 Å². The standard InChI is InChI=1S/C18H19N5O3.Pd/c1-14(24)26-23(18-19-13-17-6-3-7-22(17)20-18)16-5-2-4-15(12-16)21-8-10-25-11-9-21;/h2-7,12-13H,8-11H2,1H3;. The van der Waals surface area contributed by atoms with E-state index in [1.165, 1.54) is 12.0 Å². The van der Waals surface area contributed by atoms with Crippen molar-refractivity contribution in [3.05, 3.63) is 48.8 Å². The normalized spacial score (nSPS) is 13.9. The topological polar surface area (TPSA) is 72.2 Å². The van der Waals surface area contributed by atoms with Crippen LogP contribution in [-0.4, -0.2) is 46.9 Å². The van der Waals surface area contributed by atoms with E-state index >= 15 is 0 Å². The summed E-state index contributed by atoms with van der Waals surface area (Å²) in [5, 5.41) is 5.78. The van der Waals surface area contributed by atoms with Crippen molar-refractivity contribution in [1.82, 2.24) is 14.6 Å². The average molecular weight is 460 g/mol. The fraction of sp³-hybridized carbons (Fsp3) is 0.278. The summed E-state index contributed by atoms with van der Waals surface area (Å²) in [6.45, 7) is 4.40. The molecule has 0 amide bonds. The van der Waals surface area contributed by atoms with Crippen LogP contribution in [0.2, 0.25) is 0 Å². The molecule has 0 saturated carbocycles. The molecule has 4 rings (SSSR count). The number of ether oxygens (including phenoxy) is 1. The fourth-order valence-electron chi connectivity index (χ4n) is 2.89. The quantitative estimate of drug-likeness (QED) is 0.437. The number of anilines is 3. The van der Waals surface area contributed by atoms with Gasteiger partial charge in [0.1, 0.15) is 0 Å². The molecule has 27 heavy (non-hydrogen) atoms. The molecule has 0 atom stereocenters. The minimum atomic E-state index is -0.446. The molecule has 144 valence electrons. The van der Waals surface area contributed by atoms with Gasteiger partial charge in [0.05, 0.1) is 30.6 Å². The first-order valence-electron chi connectivity index (χ1n) is 8.42. The number of nitrogens with zero attached hydrogens (tertiary/aromatic N) is 5. The third-order valence-electron chi connectivity index (χ3n) is 4.11. The predicted octanol–water partition coefficient (Wildman–Crippen LogP) is 2.18. The summed E-state index contributed by atoms with van der Waals surface area (Å²) in [6, 6.07) is 11.5. The predicted molar refractivity (Wildman–Crippen MR) is 96.4 cm³/mol. The number of benzene rings is 1. The van der Waals surface area contributed by atoms with Gasteiger partial charge in [-0.05, 0) is 30.3 Å². The van der Waals surface area contributed by atoms with Crippen LogP contribution in [0.25, 0.3) is 5.52 Å². The number of hydrogen-bond acceptors (Lipinski definition) is 7. The zero-order valence-corrected chi connectivity index (χ0v) is 16.3. The molecule has 1 aliphatic rings. The van der Waals surface area contributed by atoms with Gasteiger partial charge in [-0.3, -0.25) is 0 Å². The van der Waals surface area contributed by atoms with Crippen LogP contribution in [-0.2, 0) is 34.8 Å². The second kappa shape index (κ2) is 8.48. The summed E-state index contributed by atoms with van der Waals surface area (Å²) in [5.74, 6) is -0.166. The van der Waals surface area contributed by atoms with Crippen molar-refractivity contribution in [2.45, 2.75) is 6.92 Å². The molecule has 1 aromatic carbocycles. The van der Waals surface area contributed by atoms with E-state index in [9.17, 15) is 4.79 Å². The van der Waals surface area contributed by atoms with Crippen LogP contribution in [0.1, 0.15) is 6.92 Å². The van der Waals surface area contributed by atoms with Gasteiger partial charge in [0.15, 0.2) is 0 Å². The van der Waals surface area contributed by atoms with Gasteiger partial charge in [-0.25, -0.2) is 14.3 Å². The van der Waals surface area contributed by atoms with Crippen molar-refractivity contribution < 1.29 is 34.8 Å². The molecule has 3 aromatic rings. The molecular weight excluding hydrogens is 441 g/mol. The number of carbonyl (C=O) groups excluding carboxylic acids is 1. The van der Waals surface area contributed by atoms with Gasteiger partial charge < -0.3 is 14.5 Å². The number of carbonyl (C=O) groups is 1. The van der Waals surface area contributed by atoms with Crippen LogP contribution < -0.4 is 9.96 Å². The molecule has 9 heteroatoms. The van der Waals surface area contributed by atoms with E-state index in [-0.39, 0.29) is 26.4 Å². The van der Waals surface area contributed by atoms with E-state index < -0.39 is 5.97 Å². The molecule has 0 spiro atoms. The van der Waals surface area contributed by atoms with Gasteiger partial charge >= 0.3 is 5.97 Å². The van der Waals surface area contributed by atoms with Crippen LogP contribution in [0.15, 0.2) is 48.8 Å². The SMILES string of the molecule is CC(=O)ON(c1cccc(N2CCOCC2)c1)c1ncc2cccn2n1.[Pd]. The van der Waals surface area contributed by atoms with Crippen molar-refractivity contribution in [3.8, 4) is 0 Å². The number of morpholine rings is 1.